The monoisotopic (exact) mass is 300 g/mol. The van der Waals surface area contributed by atoms with Gasteiger partial charge in [-0.2, -0.15) is 0 Å². The summed E-state index contributed by atoms with van der Waals surface area (Å²) >= 11 is 0. The molecule has 0 saturated carbocycles. The Bertz CT molecular complexity index is 350. The van der Waals surface area contributed by atoms with Gasteiger partial charge in [0.15, 0.2) is 0 Å². The molecule has 124 valence electrons. The molecule has 1 aliphatic heterocycles. The highest BCUT2D eigenvalue weighted by molar-refractivity contribution is 5.69. The zero-order valence-electron chi connectivity index (χ0n) is 14.7. The molecule has 1 atom stereocenters. The first-order valence-electron chi connectivity index (χ1n) is 7.76. The number of nitrogens with one attached hydrogen (secondary N) is 1. The third-order valence-corrected chi connectivity index (χ3v) is 3.53. The lowest BCUT2D eigenvalue weighted by atomic mass is 10.0. The molecule has 0 spiro atoms. The molecule has 0 radical (unpaired) electrons. The lowest BCUT2D eigenvalue weighted by Crippen LogP contribution is -2.52. The quantitative estimate of drug-likeness (QED) is 0.867. The van der Waals surface area contributed by atoms with Crippen LogP contribution in [-0.2, 0) is 9.47 Å². The summed E-state index contributed by atoms with van der Waals surface area (Å²) in [6.45, 7) is 16.8. The Morgan fingerprint density at radius 2 is 1.90 bits per heavy atom. The van der Waals surface area contributed by atoms with Gasteiger partial charge < -0.3 is 19.7 Å². The van der Waals surface area contributed by atoms with Gasteiger partial charge in [-0.1, -0.05) is 0 Å². The van der Waals surface area contributed by atoms with Crippen LogP contribution in [0.1, 0.15) is 54.9 Å². The number of carbonyl (C=O) groups is 1. The number of hydrogen-bond donors (Lipinski definition) is 1. The molecule has 0 aromatic carbocycles. The van der Waals surface area contributed by atoms with Crippen LogP contribution < -0.4 is 5.32 Å². The van der Waals surface area contributed by atoms with Crippen molar-refractivity contribution in [3.05, 3.63) is 0 Å². The number of hydrogen-bond acceptors (Lipinski definition) is 4. The minimum absolute atomic E-state index is 0.0253. The molecule has 1 unspecified atom stereocenters. The lowest BCUT2D eigenvalue weighted by Gasteiger charge is -2.37. The zero-order valence-corrected chi connectivity index (χ0v) is 14.7. The van der Waals surface area contributed by atoms with Crippen molar-refractivity contribution in [1.29, 1.82) is 0 Å². The first-order chi connectivity index (χ1) is 9.43. The third-order valence-electron chi connectivity index (χ3n) is 3.53. The fourth-order valence-corrected chi connectivity index (χ4v) is 2.29. The van der Waals surface area contributed by atoms with Crippen molar-refractivity contribution in [2.24, 2.45) is 0 Å². The highest BCUT2D eigenvalue weighted by atomic mass is 16.6. The maximum absolute atomic E-state index is 12.4. The van der Waals surface area contributed by atoms with E-state index in [-0.39, 0.29) is 17.2 Å². The van der Waals surface area contributed by atoms with Gasteiger partial charge in [0, 0.05) is 30.8 Å². The predicted molar refractivity (Wildman–Crippen MR) is 84.5 cm³/mol. The Kier molecular flexibility index (Phi) is 5.67. The maximum atomic E-state index is 12.4. The molecular weight excluding hydrogens is 268 g/mol. The average molecular weight is 300 g/mol. The van der Waals surface area contributed by atoms with E-state index < -0.39 is 5.60 Å². The van der Waals surface area contributed by atoms with E-state index in [1.54, 1.807) is 4.90 Å². The van der Waals surface area contributed by atoms with E-state index in [1.165, 1.54) is 0 Å². The molecule has 1 aliphatic rings. The molecule has 5 nitrogen and oxygen atoms in total. The molecule has 0 aliphatic carbocycles. The van der Waals surface area contributed by atoms with E-state index in [0.717, 1.165) is 26.2 Å². The Labute approximate surface area is 129 Å². The molecule has 0 aromatic heterocycles. The zero-order chi connectivity index (χ0) is 16.3. The van der Waals surface area contributed by atoms with E-state index in [4.69, 9.17) is 9.47 Å². The summed E-state index contributed by atoms with van der Waals surface area (Å²) in [5.74, 6) is 0. The first kappa shape index (κ1) is 18.2. The summed E-state index contributed by atoms with van der Waals surface area (Å²) in [6.07, 6.45) is 0.749. The van der Waals surface area contributed by atoms with Gasteiger partial charge >= 0.3 is 6.09 Å². The minimum Gasteiger partial charge on any atom is -0.444 e. The van der Waals surface area contributed by atoms with Crippen LogP contribution in [0.5, 0.6) is 0 Å². The Balaban J connectivity index is 2.57. The van der Waals surface area contributed by atoms with Gasteiger partial charge in [0.25, 0.3) is 0 Å². The van der Waals surface area contributed by atoms with Gasteiger partial charge in [-0.15, -0.1) is 0 Å². The van der Waals surface area contributed by atoms with Crippen molar-refractivity contribution in [3.8, 4) is 0 Å². The van der Waals surface area contributed by atoms with Crippen molar-refractivity contribution in [3.63, 3.8) is 0 Å². The van der Waals surface area contributed by atoms with Crippen LogP contribution in [0.25, 0.3) is 0 Å². The fourth-order valence-electron chi connectivity index (χ4n) is 2.29. The highest BCUT2D eigenvalue weighted by Gasteiger charge is 2.32. The van der Waals surface area contributed by atoms with Crippen LogP contribution in [0.2, 0.25) is 0 Å². The average Bonchev–Trinajstić information content (AvgIpc) is 2.67. The summed E-state index contributed by atoms with van der Waals surface area (Å²) in [5, 5.41) is 3.50. The van der Waals surface area contributed by atoms with Crippen molar-refractivity contribution in [2.75, 3.05) is 26.3 Å². The van der Waals surface area contributed by atoms with Gasteiger partial charge in [-0.05, 0) is 54.9 Å². The van der Waals surface area contributed by atoms with Gasteiger partial charge in [0.05, 0.1) is 6.61 Å². The third kappa shape index (κ3) is 6.22. The minimum atomic E-state index is -0.473. The van der Waals surface area contributed by atoms with Crippen LogP contribution in [0.3, 0.4) is 0 Å². The Hall–Kier alpha value is -0.810. The second-order valence-electron chi connectivity index (χ2n) is 8.09. The van der Waals surface area contributed by atoms with Gasteiger partial charge in [-0.3, -0.25) is 0 Å². The molecule has 1 amide bonds. The standard InChI is InChI=1S/C16H32N2O3/c1-14(2,3)18(13(19)21-15(4,5)6)10-9-17-16(7)8-11-20-12-16/h17H,8-12H2,1-7H3. The number of amides is 1. The van der Waals surface area contributed by atoms with Crippen molar-refractivity contribution < 1.29 is 14.3 Å². The Morgan fingerprint density at radius 1 is 1.29 bits per heavy atom. The normalized spacial score (nSPS) is 23.2. The van der Waals surface area contributed by atoms with Crippen LogP contribution >= 0.6 is 0 Å². The lowest BCUT2D eigenvalue weighted by molar-refractivity contribution is 0.00608. The van der Waals surface area contributed by atoms with Gasteiger partial charge in [0.1, 0.15) is 5.60 Å². The summed E-state index contributed by atoms with van der Waals surface area (Å²) < 4.78 is 10.9. The maximum Gasteiger partial charge on any atom is 0.410 e. The van der Waals surface area contributed by atoms with Crippen LogP contribution in [-0.4, -0.2) is 54.0 Å². The number of rotatable bonds is 4. The number of nitrogens with zero attached hydrogens (tertiary/aromatic N) is 1. The summed E-state index contributed by atoms with van der Waals surface area (Å²) in [4.78, 5) is 14.1. The van der Waals surface area contributed by atoms with Gasteiger partial charge in [-0.25, -0.2) is 4.79 Å². The van der Waals surface area contributed by atoms with E-state index in [0.29, 0.717) is 6.54 Å². The second-order valence-corrected chi connectivity index (χ2v) is 8.09. The highest BCUT2D eigenvalue weighted by Crippen LogP contribution is 2.20. The molecular formula is C16H32N2O3. The van der Waals surface area contributed by atoms with Crippen LogP contribution in [0.4, 0.5) is 4.79 Å². The molecule has 5 heteroatoms. The summed E-state index contributed by atoms with van der Waals surface area (Å²) in [6, 6.07) is 0. The van der Waals surface area contributed by atoms with Gasteiger partial charge in [0.2, 0.25) is 0 Å². The van der Waals surface area contributed by atoms with E-state index >= 15 is 0 Å². The second kappa shape index (κ2) is 6.53. The molecule has 1 rings (SSSR count). The molecule has 0 aromatic rings. The predicted octanol–water partition coefficient (Wildman–Crippen LogP) is 2.79. The molecule has 21 heavy (non-hydrogen) atoms. The topological polar surface area (TPSA) is 50.8 Å². The van der Waals surface area contributed by atoms with Crippen molar-refractivity contribution in [1.82, 2.24) is 10.2 Å². The number of carbonyl (C=O) groups excluding carboxylic acids is 1. The largest absolute Gasteiger partial charge is 0.444 e. The molecule has 1 heterocycles. The van der Waals surface area contributed by atoms with Crippen LogP contribution in [0.15, 0.2) is 0 Å². The summed E-state index contributed by atoms with van der Waals surface area (Å²) in [7, 11) is 0. The number of ether oxygens (including phenoxy) is 2. The van der Waals surface area contributed by atoms with Crippen molar-refractivity contribution in [2.45, 2.75) is 71.6 Å². The SMILES string of the molecule is CC1(NCCN(C(=O)OC(C)(C)C)C(C)(C)C)CCOC1. The van der Waals surface area contributed by atoms with E-state index in [9.17, 15) is 4.79 Å². The first-order valence-corrected chi connectivity index (χ1v) is 7.76. The van der Waals surface area contributed by atoms with E-state index in [2.05, 4.69) is 12.2 Å². The molecule has 1 N–H and O–H groups in total. The van der Waals surface area contributed by atoms with Crippen LogP contribution in [0, 0.1) is 0 Å². The Morgan fingerprint density at radius 3 is 2.33 bits per heavy atom. The summed E-state index contributed by atoms with van der Waals surface area (Å²) in [5.41, 5.74) is -0.714. The fraction of sp³-hybridized carbons (Fsp3) is 0.938. The molecule has 1 saturated heterocycles. The van der Waals surface area contributed by atoms with Crippen molar-refractivity contribution >= 4 is 6.09 Å². The molecule has 0 bridgehead atoms. The van der Waals surface area contributed by atoms with E-state index in [1.807, 2.05) is 41.5 Å². The smallest absolute Gasteiger partial charge is 0.410 e. The molecule has 1 fully saturated rings.